The molecule has 2 aromatic rings. The molecule has 2 heterocycles. The molecule has 0 bridgehead atoms. The molecule has 0 aliphatic carbocycles. The van der Waals surface area contributed by atoms with Crippen LogP contribution >= 0.6 is 0 Å². The fourth-order valence-electron chi connectivity index (χ4n) is 3.02. The highest BCUT2D eigenvalue weighted by Gasteiger charge is 2.13. The number of rotatable bonds is 6. The lowest BCUT2D eigenvalue weighted by molar-refractivity contribution is 0.0120. The molecule has 2 amide bonds. The van der Waals surface area contributed by atoms with Crippen LogP contribution in [0, 0.1) is 0 Å². The second kappa shape index (κ2) is 8.02. The van der Waals surface area contributed by atoms with Crippen molar-refractivity contribution in [1.82, 2.24) is 15.6 Å². The lowest BCUT2D eigenvalue weighted by atomic mass is 10.1. The summed E-state index contributed by atoms with van der Waals surface area (Å²) in [7, 11) is 0. The van der Waals surface area contributed by atoms with Crippen LogP contribution < -0.4 is 10.6 Å². The highest BCUT2D eigenvalue weighted by atomic mass is 16.5. The van der Waals surface area contributed by atoms with Crippen molar-refractivity contribution in [3.8, 4) is 0 Å². The molecule has 1 fully saturated rings. The zero-order valence-electron chi connectivity index (χ0n) is 13.4. The number of aromatic amines is 1. The maximum absolute atomic E-state index is 11.8. The van der Waals surface area contributed by atoms with Crippen LogP contribution in [0.4, 0.5) is 4.79 Å². The summed E-state index contributed by atoms with van der Waals surface area (Å²) in [6, 6.07) is 10.2. The first kappa shape index (κ1) is 15.9. The number of urea groups is 1. The van der Waals surface area contributed by atoms with E-state index in [4.69, 9.17) is 4.74 Å². The molecule has 1 aromatic carbocycles. The minimum atomic E-state index is -0.100. The molecule has 1 aliphatic rings. The number of ether oxygens (including phenoxy) is 1. The van der Waals surface area contributed by atoms with Gasteiger partial charge in [0.1, 0.15) is 0 Å². The van der Waals surface area contributed by atoms with Gasteiger partial charge in [-0.25, -0.2) is 4.79 Å². The Bertz CT molecular complexity index is 599. The van der Waals surface area contributed by atoms with Crippen molar-refractivity contribution in [2.45, 2.75) is 38.2 Å². The topological polar surface area (TPSA) is 66.2 Å². The van der Waals surface area contributed by atoms with Gasteiger partial charge in [0, 0.05) is 37.3 Å². The summed E-state index contributed by atoms with van der Waals surface area (Å²) in [4.78, 5) is 15.1. The second-order valence-electron chi connectivity index (χ2n) is 6.09. The van der Waals surface area contributed by atoms with Gasteiger partial charge in [-0.1, -0.05) is 18.2 Å². The van der Waals surface area contributed by atoms with Crippen molar-refractivity contribution >= 4 is 16.9 Å². The Labute approximate surface area is 136 Å². The standard InChI is InChI=1S/C18H25N3O2/c22-18(20-11-9-16-6-3-4-12-23-16)19-10-8-15-13-14-5-1-2-7-17(14)21-15/h1-2,5,7,13,16,21H,3-4,6,8-12H2,(H2,19,20,22). The number of benzene rings is 1. The number of nitrogens with one attached hydrogen (secondary N) is 3. The molecule has 0 saturated carbocycles. The van der Waals surface area contributed by atoms with E-state index in [1.54, 1.807) is 0 Å². The van der Waals surface area contributed by atoms with Gasteiger partial charge in [-0.15, -0.1) is 0 Å². The molecule has 3 rings (SSSR count). The Morgan fingerprint density at radius 2 is 2.09 bits per heavy atom. The molecule has 5 nitrogen and oxygen atoms in total. The van der Waals surface area contributed by atoms with Crippen LogP contribution in [-0.2, 0) is 11.2 Å². The monoisotopic (exact) mass is 315 g/mol. The van der Waals surface area contributed by atoms with E-state index in [1.807, 2.05) is 12.1 Å². The van der Waals surface area contributed by atoms with E-state index in [2.05, 4.69) is 33.8 Å². The normalized spacial score (nSPS) is 18.0. The average Bonchev–Trinajstić information content (AvgIpc) is 2.98. The number of aromatic nitrogens is 1. The van der Waals surface area contributed by atoms with E-state index in [0.29, 0.717) is 19.2 Å². The Morgan fingerprint density at radius 1 is 1.22 bits per heavy atom. The van der Waals surface area contributed by atoms with Crippen LogP contribution in [0.25, 0.3) is 10.9 Å². The maximum Gasteiger partial charge on any atom is 0.314 e. The van der Waals surface area contributed by atoms with E-state index in [-0.39, 0.29) is 6.03 Å². The first-order valence-electron chi connectivity index (χ1n) is 8.51. The van der Waals surface area contributed by atoms with Crippen LogP contribution in [0.1, 0.15) is 31.4 Å². The minimum Gasteiger partial charge on any atom is -0.378 e. The van der Waals surface area contributed by atoms with Crippen molar-refractivity contribution in [2.24, 2.45) is 0 Å². The van der Waals surface area contributed by atoms with Gasteiger partial charge < -0.3 is 20.4 Å². The summed E-state index contributed by atoms with van der Waals surface area (Å²) in [6.45, 7) is 2.16. The van der Waals surface area contributed by atoms with E-state index in [0.717, 1.165) is 43.5 Å². The Balaban J connectivity index is 1.32. The lowest BCUT2D eigenvalue weighted by Crippen LogP contribution is -2.38. The van der Waals surface area contributed by atoms with Crippen LogP contribution in [0.3, 0.4) is 0 Å². The van der Waals surface area contributed by atoms with E-state index < -0.39 is 0 Å². The molecule has 0 radical (unpaired) electrons. The summed E-state index contributed by atoms with van der Waals surface area (Å²) in [6.07, 6.45) is 5.53. The van der Waals surface area contributed by atoms with Crippen LogP contribution in [-0.4, -0.2) is 36.8 Å². The summed E-state index contributed by atoms with van der Waals surface area (Å²) in [5.74, 6) is 0. The molecule has 1 aliphatic heterocycles. The Kier molecular flexibility index (Phi) is 5.53. The molecule has 1 saturated heterocycles. The zero-order valence-corrected chi connectivity index (χ0v) is 13.4. The quantitative estimate of drug-likeness (QED) is 0.767. The third-order valence-electron chi connectivity index (χ3n) is 4.29. The Hall–Kier alpha value is -2.01. The Morgan fingerprint density at radius 3 is 2.91 bits per heavy atom. The molecule has 3 N–H and O–H groups in total. The number of fused-ring (bicyclic) bond motifs is 1. The molecule has 23 heavy (non-hydrogen) atoms. The van der Waals surface area contributed by atoms with E-state index in [1.165, 1.54) is 11.8 Å². The lowest BCUT2D eigenvalue weighted by Gasteiger charge is -2.22. The molecule has 1 unspecified atom stereocenters. The average molecular weight is 315 g/mol. The number of carbonyl (C=O) groups excluding carboxylic acids is 1. The fraction of sp³-hybridized carbons (Fsp3) is 0.500. The molecule has 1 atom stereocenters. The van der Waals surface area contributed by atoms with E-state index >= 15 is 0 Å². The third-order valence-corrected chi connectivity index (χ3v) is 4.29. The van der Waals surface area contributed by atoms with Gasteiger partial charge >= 0.3 is 6.03 Å². The molecule has 5 heteroatoms. The van der Waals surface area contributed by atoms with Gasteiger partial charge in [0.25, 0.3) is 0 Å². The smallest absolute Gasteiger partial charge is 0.314 e. The van der Waals surface area contributed by atoms with Gasteiger partial charge in [0.15, 0.2) is 0 Å². The largest absolute Gasteiger partial charge is 0.378 e. The van der Waals surface area contributed by atoms with Gasteiger partial charge in [-0.3, -0.25) is 0 Å². The fourth-order valence-corrected chi connectivity index (χ4v) is 3.02. The van der Waals surface area contributed by atoms with Gasteiger partial charge in [0.2, 0.25) is 0 Å². The second-order valence-corrected chi connectivity index (χ2v) is 6.09. The number of amides is 2. The molecule has 0 spiro atoms. The number of H-pyrrole nitrogens is 1. The van der Waals surface area contributed by atoms with Gasteiger partial charge in [0.05, 0.1) is 6.10 Å². The number of para-hydroxylation sites is 1. The van der Waals surface area contributed by atoms with Crippen molar-refractivity contribution in [3.05, 3.63) is 36.0 Å². The molecular weight excluding hydrogens is 290 g/mol. The van der Waals surface area contributed by atoms with Gasteiger partial charge in [-0.05, 0) is 43.2 Å². The van der Waals surface area contributed by atoms with Gasteiger partial charge in [-0.2, -0.15) is 0 Å². The number of hydrogen-bond acceptors (Lipinski definition) is 2. The SMILES string of the molecule is O=C(NCCc1cc2ccccc2[nH]1)NCCC1CCCCO1. The van der Waals surface area contributed by atoms with Crippen LogP contribution in [0.15, 0.2) is 30.3 Å². The van der Waals surface area contributed by atoms with Crippen molar-refractivity contribution in [2.75, 3.05) is 19.7 Å². The van der Waals surface area contributed by atoms with Crippen LogP contribution in [0.5, 0.6) is 0 Å². The molecule has 1 aromatic heterocycles. The first-order valence-corrected chi connectivity index (χ1v) is 8.51. The van der Waals surface area contributed by atoms with E-state index in [9.17, 15) is 4.79 Å². The van der Waals surface area contributed by atoms with Crippen LogP contribution in [0.2, 0.25) is 0 Å². The third kappa shape index (κ3) is 4.73. The summed E-state index contributed by atoms with van der Waals surface area (Å²) in [5.41, 5.74) is 2.28. The summed E-state index contributed by atoms with van der Waals surface area (Å²) in [5, 5.41) is 7.01. The molecule has 124 valence electrons. The minimum absolute atomic E-state index is 0.100. The van der Waals surface area contributed by atoms with Crippen molar-refractivity contribution in [3.63, 3.8) is 0 Å². The highest BCUT2D eigenvalue weighted by Crippen LogP contribution is 2.15. The summed E-state index contributed by atoms with van der Waals surface area (Å²) < 4.78 is 5.65. The number of hydrogen-bond donors (Lipinski definition) is 3. The zero-order chi connectivity index (χ0) is 15.9. The highest BCUT2D eigenvalue weighted by molar-refractivity contribution is 5.80. The van der Waals surface area contributed by atoms with Crippen molar-refractivity contribution in [1.29, 1.82) is 0 Å². The predicted molar refractivity (Wildman–Crippen MR) is 91.6 cm³/mol. The maximum atomic E-state index is 11.8. The first-order chi connectivity index (χ1) is 11.3. The number of carbonyl (C=O) groups is 1. The summed E-state index contributed by atoms with van der Waals surface area (Å²) >= 11 is 0. The predicted octanol–water partition coefficient (Wildman–Crippen LogP) is 2.97. The molecular formula is C18H25N3O2. The van der Waals surface area contributed by atoms with Crippen molar-refractivity contribution < 1.29 is 9.53 Å².